The smallest absolute Gasteiger partial charge is 0.170 e. The lowest BCUT2D eigenvalue weighted by atomic mass is 10.1. The molecule has 0 aliphatic heterocycles. The zero-order valence-electron chi connectivity index (χ0n) is 12.7. The quantitative estimate of drug-likeness (QED) is 0.512. The second kappa shape index (κ2) is 10.2. The van der Waals surface area contributed by atoms with Gasteiger partial charge in [-0.05, 0) is 24.1 Å². The SMILES string of the molecule is CCCCCCCCOc1ccc(C(O)C(O)C#N)cc1. The van der Waals surface area contributed by atoms with Gasteiger partial charge in [-0.15, -0.1) is 0 Å². The summed E-state index contributed by atoms with van der Waals surface area (Å²) >= 11 is 0. The van der Waals surface area contributed by atoms with Crippen LogP contribution in [0.2, 0.25) is 0 Å². The molecule has 4 heteroatoms. The highest BCUT2D eigenvalue weighted by Gasteiger charge is 2.17. The standard InChI is InChI=1S/C17H25NO3/c1-2-3-4-5-6-7-12-21-15-10-8-14(9-11-15)17(20)16(19)13-18/h8-11,16-17,19-20H,2-7,12H2,1H3. The first kappa shape index (κ1) is 17.5. The van der Waals surface area contributed by atoms with Crippen molar-refractivity contribution in [1.82, 2.24) is 0 Å². The van der Waals surface area contributed by atoms with Crippen LogP contribution >= 0.6 is 0 Å². The van der Waals surface area contributed by atoms with Crippen LogP contribution in [0.1, 0.15) is 57.1 Å². The van der Waals surface area contributed by atoms with E-state index in [4.69, 9.17) is 10.00 Å². The first-order valence-corrected chi connectivity index (χ1v) is 7.67. The van der Waals surface area contributed by atoms with E-state index < -0.39 is 12.2 Å². The minimum absolute atomic E-state index is 0.510. The molecule has 0 aliphatic carbocycles. The minimum Gasteiger partial charge on any atom is -0.494 e. The molecule has 0 saturated carbocycles. The Labute approximate surface area is 127 Å². The summed E-state index contributed by atoms with van der Waals surface area (Å²) in [7, 11) is 0. The number of aliphatic hydroxyl groups excluding tert-OH is 2. The number of hydrogen-bond donors (Lipinski definition) is 2. The van der Waals surface area contributed by atoms with Crippen molar-refractivity contribution < 1.29 is 14.9 Å². The van der Waals surface area contributed by atoms with Crippen molar-refractivity contribution in [2.24, 2.45) is 0 Å². The average Bonchev–Trinajstić information content (AvgIpc) is 2.53. The molecule has 0 heterocycles. The molecule has 21 heavy (non-hydrogen) atoms. The molecule has 1 aromatic carbocycles. The van der Waals surface area contributed by atoms with Crippen LogP contribution in [0, 0.1) is 11.3 Å². The van der Waals surface area contributed by atoms with Crippen molar-refractivity contribution in [3.63, 3.8) is 0 Å². The highest BCUT2D eigenvalue weighted by atomic mass is 16.5. The van der Waals surface area contributed by atoms with Gasteiger partial charge in [0.25, 0.3) is 0 Å². The molecule has 0 spiro atoms. The van der Waals surface area contributed by atoms with Crippen molar-refractivity contribution in [3.05, 3.63) is 29.8 Å². The van der Waals surface area contributed by atoms with Crippen molar-refractivity contribution in [3.8, 4) is 11.8 Å². The van der Waals surface area contributed by atoms with Gasteiger partial charge >= 0.3 is 0 Å². The van der Waals surface area contributed by atoms with E-state index >= 15 is 0 Å². The zero-order valence-corrected chi connectivity index (χ0v) is 12.7. The van der Waals surface area contributed by atoms with Crippen LogP contribution in [0.15, 0.2) is 24.3 Å². The third-order valence-corrected chi connectivity index (χ3v) is 3.42. The van der Waals surface area contributed by atoms with Crippen LogP contribution in [0.3, 0.4) is 0 Å². The Morgan fingerprint density at radius 2 is 1.67 bits per heavy atom. The van der Waals surface area contributed by atoms with Gasteiger partial charge in [0, 0.05) is 0 Å². The molecule has 0 radical (unpaired) electrons. The maximum Gasteiger partial charge on any atom is 0.170 e. The van der Waals surface area contributed by atoms with Gasteiger partial charge in [-0.25, -0.2) is 0 Å². The van der Waals surface area contributed by atoms with Gasteiger partial charge < -0.3 is 14.9 Å². The van der Waals surface area contributed by atoms with Crippen molar-refractivity contribution in [1.29, 1.82) is 5.26 Å². The highest BCUT2D eigenvalue weighted by Crippen LogP contribution is 2.20. The van der Waals surface area contributed by atoms with E-state index in [9.17, 15) is 10.2 Å². The molecular formula is C17H25NO3. The molecular weight excluding hydrogens is 266 g/mol. The predicted octanol–water partition coefficient (Wildman–Crippen LogP) is 3.34. The van der Waals surface area contributed by atoms with E-state index in [1.165, 1.54) is 32.1 Å². The maximum absolute atomic E-state index is 9.68. The van der Waals surface area contributed by atoms with Crippen molar-refractivity contribution in [2.45, 2.75) is 57.7 Å². The summed E-state index contributed by atoms with van der Waals surface area (Å²) in [6.07, 6.45) is 4.77. The Balaban J connectivity index is 2.27. The van der Waals surface area contributed by atoms with Gasteiger partial charge in [-0.2, -0.15) is 5.26 Å². The number of nitrogens with zero attached hydrogens (tertiary/aromatic N) is 1. The van der Waals surface area contributed by atoms with Gasteiger partial charge in [-0.1, -0.05) is 51.2 Å². The topological polar surface area (TPSA) is 73.5 Å². The van der Waals surface area contributed by atoms with E-state index in [2.05, 4.69) is 6.92 Å². The van der Waals surface area contributed by atoms with Crippen LogP contribution in [0.4, 0.5) is 0 Å². The summed E-state index contributed by atoms with van der Waals surface area (Å²) in [5.41, 5.74) is 0.510. The van der Waals surface area contributed by atoms with Crippen LogP contribution in [0.25, 0.3) is 0 Å². The van der Waals surface area contributed by atoms with Crippen LogP contribution < -0.4 is 4.74 Å². The van der Waals surface area contributed by atoms with Gasteiger partial charge in [0.05, 0.1) is 12.7 Å². The van der Waals surface area contributed by atoms with Crippen molar-refractivity contribution >= 4 is 0 Å². The minimum atomic E-state index is -1.40. The molecule has 4 nitrogen and oxygen atoms in total. The Kier molecular flexibility index (Phi) is 8.49. The summed E-state index contributed by atoms with van der Waals surface area (Å²) in [4.78, 5) is 0. The van der Waals surface area contributed by atoms with E-state index in [-0.39, 0.29) is 0 Å². The van der Waals surface area contributed by atoms with Crippen LogP contribution in [-0.4, -0.2) is 22.9 Å². The molecule has 116 valence electrons. The van der Waals surface area contributed by atoms with Crippen LogP contribution in [-0.2, 0) is 0 Å². The number of ether oxygens (including phenoxy) is 1. The molecule has 0 aromatic heterocycles. The Bertz CT molecular complexity index is 425. The molecule has 0 saturated heterocycles. The van der Waals surface area contributed by atoms with Crippen LogP contribution in [0.5, 0.6) is 5.75 Å². The molecule has 0 bridgehead atoms. The summed E-state index contributed by atoms with van der Waals surface area (Å²) in [6.45, 7) is 2.90. The number of rotatable bonds is 10. The third kappa shape index (κ3) is 6.61. The van der Waals surface area contributed by atoms with Gasteiger partial charge in [0.15, 0.2) is 6.10 Å². The predicted molar refractivity (Wildman–Crippen MR) is 81.9 cm³/mol. The fourth-order valence-electron chi connectivity index (χ4n) is 2.09. The first-order chi connectivity index (χ1) is 10.2. The molecule has 2 unspecified atom stereocenters. The number of nitriles is 1. The maximum atomic E-state index is 9.68. The Morgan fingerprint density at radius 3 is 2.29 bits per heavy atom. The lowest BCUT2D eigenvalue weighted by Gasteiger charge is -2.12. The molecule has 0 aliphatic rings. The summed E-state index contributed by atoms with van der Waals surface area (Å²) in [5, 5.41) is 27.5. The second-order valence-corrected chi connectivity index (χ2v) is 5.20. The molecule has 1 aromatic rings. The molecule has 0 fully saturated rings. The first-order valence-electron chi connectivity index (χ1n) is 7.67. The second-order valence-electron chi connectivity index (χ2n) is 5.20. The fraction of sp³-hybridized carbons (Fsp3) is 0.588. The number of hydrogen-bond acceptors (Lipinski definition) is 4. The number of unbranched alkanes of at least 4 members (excludes halogenated alkanes) is 5. The molecule has 0 amide bonds. The fourth-order valence-corrected chi connectivity index (χ4v) is 2.09. The Morgan fingerprint density at radius 1 is 1.05 bits per heavy atom. The summed E-state index contributed by atoms with van der Waals surface area (Å²) in [5.74, 6) is 0.742. The summed E-state index contributed by atoms with van der Waals surface area (Å²) in [6, 6.07) is 8.45. The van der Waals surface area contributed by atoms with E-state index in [0.29, 0.717) is 12.2 Å². The van der Waals surface area contributed by atoms with E-state index in [0.717, 1.165) is 12.2 Å². The molecule has 1 rings (SSSR count). The van der Waals surface area contributed by atoms with Gasteiger partial charge in [0.2, 0.25) is 0 Å². The summed E-state index contributed by atoms with van der Waals surface area (Å²) < 4.78 is 5.62. The number of benzene rings is 1. The van der Waals surface area contributed by atoms with Gasteiger partial charge in [-0.3, -0.25) is 0 Å². The monoisotopic (exact) mass is 291 g/mol. The third-order valence-electron chi connectivity index (χ3n) is 3.42. The average molecular weight is 291 g/mol. The Hall–Kier alpha value is -1.57. The van der Waals surface area contributed by atoms with Crippen molar-refractivity contribution in [2.75, 3.05) is 6.61 Å². The van der Waals surface area contributed by atoms with Gasteiger partial charge in [0.1, 0.15) is 11.9 Å². The van der Waals surface area contributed by atoms with E-state index in [1.807, 2.05) is 0 Å². The number of aliphatic hydroxyl groups is 2. The lowest BCUT2D eigenvalue weighted by molar-refractivity contribution is 0.0527. The molecule has 2 N–H and O–H groups in total. The lowest BCUT2D eigenvalue weighted by Crippen LogP contribution is -2.15. The van der Waals surface area contributed by atoms with E-state index in [1.54, 1.807) is 30.3 Å². The largest absolute Gasteiger partial charge is 0.494 e. The molecule has 2 atom stereocenters. The highest BCUT2D eigenvalue weighted by molar-refractivity contribution is 5.29. The normalized spacial score (nSPS) is 13.4. The zero-order chi connectivity index (χ0) is 15.5.